The number of nitrogens with one attached hydrogen (secondary N) is 2. The number of pyridine rings is 1. The Kier molecular flexibility index (Phi) is 7.34. The van der Waals surface area contributed by atoms with Gasteiger partial charge < -0.3 is 15.5 Å². The van der Waals surface area contributed by atoms with Crippen molar-refractivity contribution in [3.8, 4) is 0 Å². The fourth-order valence-electron chi connectivity index (χ4n) is 4.18. The molecule has 198 valence electrons. The molecule has 9 nitrogen and oxygen atoms in total. The molecule has 0 atom stereocenters. The van der Waals surface area contributed by atoms with Crippen molar-refractivity contribution in [2.24, 2.45) is 7.05 Å². The average molecular weight is 520 g/mol. The molecule has 3 aromatic rings. The Balaban J connectivity index is 1.93. The van der Waals surface area contributed by atoms with Gasteiger partial charge in [-0.3, -0.25) is 28.6 Å². The molecule has 0 saturated heterocycles. The van der Waals surface area contributed by atoms with E-state index in [0.29, 0.717) is 23.2 Å². The first-order valence-corrected chi connectivity index (χ1v) is 12.2. The maximum Gasteiger partial charge on any atom is 0.259 e. The fraction of sp³-hybridized carbons (Fsp3) is 0.286. The summed E-state index contributed by atoms with van der Waals surface area (Å²) in [4.78, 5) is 54.6. The minimum atomic E-state index is -0.565. The highest BCUT2D eigenvalue weighted by molar-refractivity contribution is 6.09. The summed E-state index contributed by atoms with van der Waals surface area (Å²) in [5, 5.41) is 5.81. The van der Waals surface area contributed by atoms with Crippen LogP contribution in [0.15, 0.2) is 47.3 Å². The molecule has 3 amide bonds. The summed E-state index contributed by atoms with van der Waals surface area (Å²) in [6.07, 6.45) is 2.33. The zero-order valence-corrected chi connectivity index (χ0v) is 22.0. The normalized spacial score (nSPS) is 12.6. The second kappa shape index (κ2) is 10.5. The predicted octanol–water partition coefficient (Wildman–Crippen LogP) is 3.77. The van der Waals surface area contributed by atoms with Gasteiger partial charge in [-0.15, -0.1) is 0 Å². The van der Waals surface area contributed by atoms with E-state index in [4.69, 9.17) is 0 Å². The molecule has 38 heavy (non-hydrogen) atoms. The Bertz CT molecular complexity index is 1490. The van der Waals surface area contributed by atoms with Gasteiger partial charge in [0.15, 0.2) is 0 Å². The van der Waals surface area contributed by atoms with Gasteiger partial charge in [-0.05, 0) is 62.6 Å². The van der Waals surface area contributed by atoms with Gasteiger partial charge in [0.25, 0.3) is 17.4 Å². The van der Waals surface area contributed by atoms with Gasteiger partial charge in [-0.1, -0.05) is 12.1 Å². The molecule has 10 heteroatoms. The summed E-state index contributed by atoms with van der Waals surface area (Å²) in [5.74, 6) is -1.33. The van der Waals surface area contributed by atoms with Crippen LogP contribution in [0.1, 0.15) is 44.7 Å². The number of carbonyl (C=O) groups is 3. The fourth-order valence-corrected chi connectivity index (χ4v) is 4.18. The number of nitrogens with zero attached hydrogens (tertiary/aromatic N) is 3. The first-order chi connectivity index (χ1) is 18.0. The third-order valence-electron chi connectivity index (χ3n) is 6.43. The molecule has 2 aromatic carbocycles. The number of hydrogen-bond donors (Lipinski definition) is 2. The first kappa shape index (κ1) is 26.6. The van der Waals surface area contributed by atoms with Crippen molar-refractivity contribution in [1.29, 1.82) is 0 Å². The molecule has 1 saturated carbocycles. The molecule has 1 heterocycles. The van der Waals surface area contributed by atoms with Crippen molar-refractivity contribution in [2.45, 2.75) is 32.7 Å². The van der Waals surface area contributed by atoms with E-state index in [-0.39, 0.29) is 40.3 Å². The smallest absolute Gasteiger partial charge is 0.259 e. The third kappa shape index (κ3) is 5.15. The minimum Gasteiger partial charge on any atom is -0.349 e. The highest BCUT2D eigenvalue weighted by Crippen LogP contribution is 2.36. The molecule has 0 bridgehead atoms. The molecule has 0 spiro atoms. The maximum absolute atomic E-state index is 14.8. The summed E-state index contributed by atoms with van der Waals surface area (Å²) in [7, 11) is 4.54. The minimum absolute atomic E-state index is 0.00508. The summed E-state index contributed by atoms with van der Waals surface area (Å²) in [6, 6.07) is 11.1. The Morgan fingerprint density at radius 3 is 2.42 bits per heavy atom. The van der Waals surface area contributed by atoms with Gasteiger partial charge in [-0.25, -0.2) is 4.39 Å². The van der Waals surface area contributed by atoms with Crippen molar-refractivity contribution < 1.29 is 18.8 Å². The first-order valence-electron chi connectivity index (χ1n) is 12.2. The summed E-state index contributed by atoms with van der Waals surface area (Å²) in [6.45, 7) is 3.26. The lowest BCUT2D eigenvalue weighted by Crippen LogP contribution is -2.33. The number of hydrogen-bond acceptors (Lipinski definition) is 5. The monoisotopic (exact) mass is 519 g/mol. The van der Waals surface area contributed by atoms with Gasteiger partial charge in [0.1, 0.15) is 17.2 Å². The lowest BCUT2D eigenvalue weighted by Gasteiger charge is -2.27. The standard InChI is InChI=1S/C28H30FN5O4/c1-16-9-12-22(21(29)13-16)31-25-23(28(38)32(3)4)24(17(2)27(37)33(25)5)34(15-35)20-8-6-7-18(14-20)26(36)30-19-10-11-19/h6-9,12-15,19,31H,10-11H2,1-5H3,(H,30,36). The van der Waals surface area contributed by atoms with Crippen LogP contribution >= 0.6 is 0 Å². The van der Waals surface area contributed by atoms with Crippen LogP contribution in [0.25, 0.3) is 0 Å². The molecule has 4 rings (SSSR count). The van der Waals surface area contributed by atoms with E-state index in [1.807, 2.05) is 0 Å². The number of rotatable bonds is 8. The lowest BCUT2D eigenvalue weighted by atomic mass is 10.0. The Labute approximate surface area is 219 Å². The molecule has 1 aliphatic carbocycles. The topological polar surface area (TPSA) is 104 Å². The summed E-state index contributed by atoms with van der Waals surface area (Å²) >= 11 is 0. The van der Waals surface area contributed by atoms with Crippen LogP contribution in [0.5, 0.6) is 0 Å². The second-order valence-electron chi connectivity index (χ2n) is 9.64. The van der Waals surface area contributed by atoms with Crippen LogP contribution in [0.2, 0.25) is 0 Å². The van der Waals surface area contributed by atoms with Crippen LogP contribution in [0, 0.1) is 19.7 Å². The number of halogens is 1. The van der Waals surface area contributed by atoms with E-state index >= 15 is 0 Å². The van der Waals surface area contributed by atoms with Crippen LogP contribution in [-0.2, 0) is 11.8 Å². The van der Waals surface area contributed by atoms with Gasteiger partial charge in [0.2, 0.25) is 6.41 Å². The van der Waals surface area contributed by atoms with Gasteiger partial charge in [-0.2, -0.15) is 0 Å². The molecule has 2 N–H and O–H groups in total. The average Bonchev–Trinajstić information content (AvgIpc) is 3.70. The molecular weight excluding hydrogens is 489 g/mol. The van der Waals surface area contributed by atoms with Crippen molar-refractivity contribution in [3.05, 3.63) is 80.9 Å². The van der Waals surface area contributed by atoms with Crippen molar-refractivity contribution in [3.63, 3.8) is 0 Å². The van der Waals surface area contributed by atoms with E-state index in [9.17, 15) is 23.6 Å². The van der Waals surface area contributed by atoms with Crippen LogP contribution in [-0.4, -0.2) is 47.8 Å². The number of aromatic nitrogens is 1. The number of carbonyl (C=O) groups excluding carboxylic acids is 3. The maximum atomic E-state index is 14.8. The van der Waals surface area contributed by atoms with Gasteiger partial charge in [0.05, 0.1) is 11.4 Å². The zero-order valence-electron chi connectivity index (χ0n) is 22.0. The van der Waals surface area contributed by atoms with Gasteiger partial charge in [0, 0.05) is 44.0 Å². The van der Waals surface area contributed by atoms with Crippen molar-refractivity contribution >= 4 is 41.1 Å². The van der Waals surface area contributed by atoms with E-state index in [0.717, 1.165) is 17.7 Å². The lowest BCUT2D eigenvalue weighted by molar-refractivity contribution is -0.106. The highest BCUT2D eigenvalue weighted by Gasteiger charge is 2.30. The molecule has 0 aliphatic heterocycles. The van der Waals surface area contributed by atoms with Crippen LogP contribution < -0.4 is 21.1 Å². The molecule has 0 radical (unpaired) electrons. The summed E-state index contributed by atoms with van der Waals surface area (Å²) in [5.41, 5.74) is 1.07. The number of aryl methyl sites for hydroxylation is 1. The van der Waals surface area contributed by atoms with Crippen molar-refractivity contribution in [2.75, 3.05) is 24.3 Å². The Hall–Kier alpha value is -4.47. The largest absolute Gasteiger partial charge is 0.349 e. The predicted molar refractivity (Wildman–Crippen MR) is 144 cm³/mol. The summed E-state index contributed by atoms with van der Waals surface area (Å²) < 4.78 is 16.0. The molecular formula is C28H30FN5O4. The molecule has 1 fully saturated rings. The Morgan fingerprint density at radius 2 is 1.82 bits per heavy atom. The molecule has 1 aromatic heterocycles. The van der Waals surface area contributed by atoms with E-state index in [1.54, 1.807) is 31.2 Å². The van der Waals surface area contributed by atoms with Crippen LogP contribution in [0.4, 0.5) is 27.3 Å². The van der Waals surface area contributed by atoms with Crippen molar-refractivity contribution in [1.82, 2.24) is 14.8 Å². The van der Waals surface area contributed by atoms with E-state index < -0.39 is 17.3 Å². The van der Waals surface area contributed by atoms with E-state index in [2.05, 4.69) is 10.6 Å². The van der Waals surface area contributed by atoms with Gasteiger partial charge >= 0.3 is 0 Å². The molecule has 1 aliphatic rings. The number of amides is 3. The quantitative estimate of drug-likeness (QED) is 0.441. The van der Waals surface area contributed by atoms with E-state index in [1.165, 1.54) is 55.7 Å². The number of benzene rings is 2. The second-order valence-corrected chi connectivity index (χ2v) is 9.64. The third-order valence-corrected chi connectivity index (χ3v) is 6.43. The number of anilines is 4. The Morgan fingerprint density at radius 1 is 1.11 bits per heavy atom. The SMILES string of the molecule is Cc1ccc(Nc2c(C(=O)N(C)C)c(N(C=O)c3cccc(C(=O)NC4CC4)c3)c(C)c(=O)n2C)c(F)c1. The molecule has 0 unspecified atom stereocenters. The van der Waals surface area contributed by atoms with Crippen LogP contribution in [0.3, 0.4) is 0 Å². The highest BCUT2D eigenvalue weighted by atomic mass is 19.1. The zero-order chi connectivity index (χ0) is 27.7.